The molecule has 2 rings (SSSR count). The zero-order valence-corrected chi connectivity index (χ0v) is 12.0. The highest BCUT2D eigenvalue weighted by Gasteiger charge is 2.42. The van der Waals surface area contributed by atoms with Crippen molar-refractivity contribution in [1.29, 1.82) is 0 Å². The number of carbonyl (C=O) groups excluding carboxylic acids is 2. The number of amides is 2. The van der Waals surface area contributed by atoms with E-state index in [1.807, 2.05) is 6.92 Å². The predicted octanol–water partition coefficient (Wildman–Crippen LogP) is 1.73. The van der Waals surface area contributed by atoms with Gasteiger partial charge >= 0.3 is 0 Å². The molecule has 1 fully saturated rings. The van der Waals surface area contributed by atoms with Gasteiger partial charge in [-0.15, -0.1) is 0 Å². The minimum atomic E-state index is -0.593. The summed E-state index contributed by atoms with van der Waals surface area (Å²) in [7, 11) is 1.58. The number of hydrogen-bond acceptors (Lipinski definition) is 2. The average molecular weight is 278 g/mol. The molecule has 2 amide bonds. The Morgan fingerprint density at radius 3 is 2.75 bits per heavy atom. The number of carbonyl (C=O) groups is 2. The van der Waals surface area contributed by atoms with Crippen LogP contribution in [0.4, 0.5) is 4.39 Å². The van der Waals surface area contributed by atoms with E-state index < -0.39 is 11.2 Å². The number of likely N-dealkylation sites (tertiary alicyclic amines) is 1. The summed E-state index contributed by atoms with van der Waals surface area (Å²) >= 11 is 0. The molecular weight excluding hydrogens is 259 g/mol. The third-order valence-electron chi connectivity index (χ3n) is 3.96. The van der Waals surface area contributed by atoms with E-state index in [1.165, 1.54) is 6.07 Å². The summed E-state index contributed by atoms with van der Waals surface area (Å²) in [4.78, 5) is 25.8. The highest BCUT2D eigenvalue weighted by Crippen LogP contribution is 2.31. The lowest BCUT2D eigenvalue weighted by Crippen LogP contribution is -2.40. The topological polar surface area (TPSA) is 49.4 Å². The van der Waals surface area contributed by atoms with Crippen LogP contribution in [0, 0.1) is 18.2 Å². The van der Waals surface area contributed by atoms with Crippen LogP contribution >= 0.6 is 0 Å². The third-order valence-corrected chi connectivity index (χ3v) is 3.96. The molecule has 4 nitrogen and oxygen atoms in total. The molecule has 20 heavy (non-hydrogen) atoms. The molecule has 5 heteroatoms. The molecule has 1 unspecified atom stereocenters. The summed E-state index contributed by atoms with van der Waals surface area (Å²) in [5.41, 5.74) is -0.0692. The Kier molecular flexibility index (Phi) is 3.79. The molecule has 0 radical (unpaired) electrons. The molecule has 0 saturated carbocycles. The van der Waals surface area contributed by atoms with Gasteiger partial charge in [0.25, 0.3) is 5.91 Å². The molecule has 1 heterocycles. The highest BCUT2D eigenvalue weighted by molar-refractivity contribution is 5.95. The molecule has 1 aromatic rings. The van der Waals surface area contributed by atoms with Crippen LogP contribution in [0.5, 0.6) is 0 Å². The standard InChI is InChI=1S/C15H19FN2O2/c1-10-5-4-6-11(12(10)16)13(19)18-8-7-15(2,9-18)14(20)17-3/h4-6H,7-9H2,1-3H3,(H,17,20). The van der Waals surface area contributed by atoms with Crippen molar-refractivity contribution >= 4 is 11.8 Å². The first-order valence-electron chi connectivity index (χ1n) is 6.65. The Balaban J connectivity index is 2.20. The van der Waals surface area contributed by atoms with E-state index in [-0.39, 0.29) is 17.4 Å². The summed E-state index contributed by atoms with van der Waals surface area (Å²) in [6.45, 7) is 4.24. The van der Waals surface area contributed by atoms with E-state index in [4.69, 9.17) is 0 Å². The first-order chi connectivity index (χ1) is 9.39. The molecule has 108 valence electrons. The maximum absolute atomic E-state index is 14.0. The lowest BCUT2D eigenvalue weighted by atomic mass is 9.89. The quantitative estimate of drug-likeness (QED) is 0.895. The SMILES string of the molecule is CNC(=O)C1(C)CCN(C(=O)c2cccc(C)c2F)C1. The number of rotatable bonds is 2. The molecule has 1 N–H and O–H groups in total. The monoisotopic (exact) mass is 278 g/mol. The zero-order valence-electron chi connectivity index (χ0n) is 12.0. The number of hydrogen-bond donors (Lipinski definition) is 1. The predicted molar refractivity (Wildman–Crippen MR) is 73.8 cm³/mol. The second kappa shape index (κ2) is 5.23. The van der Waals surface area contributed by atoms with Crippen LogP contribution in [-0.4, -0.2) is 36.9 Å². The van der Waals surface area contributed by atoms with Gasteiger partial charge in [-0.3, -0.25) is 9.59 Å². The molecule has 1 aliphatic heterocycles. The van der Waals surface area contributed by atoms with Crippen molar-refractivity contribution in [1.82, 2.24) is 10.2 Å². The van der Waals surface area contributed by atoms with E-state index in [9.17, 15) is 14.0 Å². The normalized spacial score (nSPS) is 21.9. The van der Waals surface area contributed by atoms with Crippen LogP contribution in [-0.2, 0) is 4.79 Å². The summed E-state index contributed by atoms with van der Waals surface area (Å²) in [6.07, 6.45) is 0.589. The fourth-order valence-electron chi connectivity index (χ4n) is 2.60. The smallest absolute Gasteiger partial charge is 0.256 e. The van der Waals surface area contributed by atoms with Crippen molar-refractivity contribution in [2.45, 2.75) is 20.3 Å². The van der Waals surface area contributed by atoms with Gasteiger partial charge in [-0.2, -0.15) is 0 Å². The summed E-state index contributed by atoms with van der Waals surface area (Å²) in [5, 5.41) is 2.62. The zero-order chi connectivity index (χ0) is 14.9. The van der Waals surface area contributed by atoms with Gasteiger partial charge in [-0.05, 0) is 31.9 Å². The second-order valence-electron chi connectivity index (χ2n) is 5.55. The second-order valence-corrected chi connectivity index (χ2v) is 5.55. The third kappa shape index (κ3) is 2.40. The van der Waals surface area contributed by atoms with Crippen molar-refractivity contribution in [3.63, 3.8) is 0 Å². The molecule has 1 aromatic carbocycles. The summed E-state index contributed by atoms with van der Waals surface area (Å²) < 4.78 is 14.0. The Morgan fingerprint density at radius 1 is 1.40 bits per heavy atom. The number of benzene rings is 1. The molecule has 0 aromatic heterocycles. The Bertz CT molecular complexity index is 559. The Morgan fingerprint density at radius 2 is 2.10 bits per heavy atom. The Hall–Kier alpha value is -1.91. The van der Waals surface area contributed by atoms with Gasteiger partial charge in [0.05, 0.1) is 11.0 Å². The molecule has 0 spiro atoms. The van der Waals surface area contributed by atoms with Gasteiger partial charge in [0, 0.05) is 20.1 Å². The maximum Gasteiger partial charge on any atom is 0.256 e. The highest BCUT2D eigenvalue weighted by atomic mass is 19.1. The van der Waals surface area contributed by atoms with Crippen LogP contribution in [0.25, 0.3) is 0 Å². The maximum atomic E-state index is 14.0. The summed E-state index contributed by atoms with van der Waals surface area (Å²) in [5.74, 6) is -0.914. The van der Waals surface area contributed by atoms with Crippen LogP contribution in [0.3, 0.4) is 0 Å². The largest absolute Gasteiger partial charge is 0.359 e. The average Bonchev–Trinajstić information content (AvgIpc) is 2.84. The van der Waals surface area contributed by atoms with Crippen molar-refractivity contribution in [2.75, 3.05) is 20.1 Å². The van der Waals surface area contributed by atoms with Crippen LogP contribution < -0.4 is 5.32 Å². The molecule has 1 atom stereocenters. The Labute approximate surface area is 118 Å². The van der Waals surface area contributed by atoms with Gasteiger partial charge in [0.2, 0.25) is 5.91 Å². The summed E-state index contributed by atoms with van der Waals surface area (Å²) in [6, 6.07) is 4.78. The van der Waals surface area contributed by atoms with Gasteiger partial charge in [0.15, 0.2) is 0 Å². The van der Waals surface area contributed by atoms with Crippen molar-refractivity contribution in [3.8, 4) is 0 Å². The number of nitrogens with zero attached hydrogens (tertiary/aromatic N) is 1. The van der Waals surface area contributed by atoms with Gasteiger partial charge in [-0.25, -0.2) is 4.39 Å². The molecular formula is C15H19FN2O2. The van der Waals surface area contributed by atoms with Crippen molar-refractivity contribution in [2.24, 2.45) is 5.41 Å². The van der Waals surface area contributed by atoms with E-state index >= 15 is 0 Å². The first kappa shape index (κ1) is 14.5. The first-order valence-corrected chi connectivity index (χ1v) is 6.65. The molecule has 1 aliphatic rings. The van der Waals surface area contributed by atoms with Crippen molar-refractivity contribution in [3.05, 3.63) is 35.1 Å². The minimum absolute atomic E-state index is 0.0751. The molecule has 1 saturated heterocycles. The number of halogens is 1. The van der Waals surface area contributed by atoms with E-state index in [0.29, 0.717) is 25.1 Å². The molecule has 0 aliphatic carbocycles. The minimum Gasteiger partial charge on any atom is -0.359 e. The lowest BCUT2D eigenvalue weighted by molar-refractivity contribution is -0.128. The number of aryl methyl sites for hydroxylation is 1. The fraction of sp³-hybridized carbons (Fsp3) is 0.467. The van der Waals surface area contributed by atoms with Gasteiger partial charge < -0.3 is 10.2 Å². The van der Waals surface area contributed by atoms with E-state index in [1.54, 1.807) is 31.0 Å². The fourth-order valence-corrected chi connectivity index (χ4v) is 2.60. The van der Waals surface area contributed by atoms with Crippen LogP contribution in [0.15, 0.2) is 18.2 Å². The van der Waals surface area contributed by atoms with E-state index in [0.717, 1.165) is 0 Å². The van der Waals surface area contributed by atoms with Crippen molar-refractivity contribution < 1.29 is 14.0 Å². The van der Waals surface area contributed by atoms with E-state index in [2.05, 4.69) is 5.32 Å². The molecule has 0 bridgehead atoms. The van der Waals surface area contributed by atoms with Gasteiger partial charge in [0.1, 0.15) is 5.82 Å². The van der Waals surface area contributed by atoms with Crippen LogP contribution in [0.2, 0.25) is 0 Å². The number of nitrogens with one attached hydrogen (secondary N) is 1. The lowest BCUT2D eigenvalue weighted by Gasteiger charge is -2.23. The van der Waals surface area contributed by atoms with Crippen LogP contribution in [0.1, 0.15) is 29.3 Å². The van der Waals surface area contributed by atoms with Gasteiger partial charge in [-0.1, -0.05) is 12.1 Å².